The van der Waals surface area contributed by atoms with Crippen LogP contribution in [0.15, 0.2) is 78.9 Å². The maximum atomic E-state index is 13.8. The Kier molecular flexibility index (Phi) is 3.90. The Hall–Kier alpha value is -3.20. The second-order valence-electron chi connectivity index (χ2n) is 5.81. The van der Waals surface area contributed by atoms with Gasteiger partial charge in [-0.15, -0.1) is 0 Å². The highest BCUT2D eigenvalue weighted by Gasteiger charge is 2.10. The largest absolute Gasteiger partial charge is 0.497 e. The number of hydrogen-bond donors (Lipinski definition) is 0. The smallest absolute Gasteiger partial charge is 0.123 e. The van der Waals surface area contributed by atoms with E-state index < -0.39 is 0 Å². The first kappa shape index (κ1) is 15.3. The third-order valence-corrected chi connectivity index (χ3v) is 4.24. The normalized spacial score (nSPS) is 10.8. The maximum absolute atomic E-state index is 13.8. The van der Waals surface area contributed by atoms with Crippen LogP contribution in [0.2, 0.25) is 0 Å². The van der Waals surface area contributed by atoms with E-state index in [4.69, 9.17) is 9.72 Å². The van der Waals surface area contributed by atoms with Crippen molar-refractivity contribution in [2.45, 2.75) is 0 Å². The molecular weight excluding hydrogens is 313 g/mol. The molecule has 0 spiro atoms. The van der Waals surface area contributed by atoms with Gasteiger partial charge < -0.3 is 4.74 Å². The first-order chi connectivity index (χ1) is 12.2. The van der Waals surface area contributed by atoms with Gasteiger partial charge in [-0.05, 0) is 59.7 Å². The summed E-state index contributed by atoms with van der Waals surface area (Å²) < 4.78 is 19.0. The van der Waals surface area contributed by atoms with Gasteiger partial charge in [0.2, 0.25) is 0 Å². The fourth-order valence-corrected chi connectivity index (χ4v) is 2.96. The Labute approximate surface area is 145 Å². The van der Waals surface area contributed by atoms with E-state index in [0.29, 0.717) is 0 Å². The Morgan fingerprint density at radius 3 is 2.28 bits per heavy atom. The maximum Gasteiger partial charge on any atom is 0.123 e. The molecule has 0 fully saturated rings. The highest BCUT2D eigenvalue weighted by atomic mass is 19.1. The number of hydrogen-bond acceptors (Lipinski definition) is 2. The summed E-state index contributed by atoms with van der Waals surface area (Å²) in [4.78, 5) is 4.72. The van der Waals surface area contributed by atoms with Gasteiger partial charge in [-0.1, -0.05) is 30.3 Å². The molecule has 0 atom stereocenters. The van der Waals surface area contributed by atoms with E-state index in [1.54, 1.807) is 19.2 Å². The summed E-state index contributed by atoms with van der Waals surface area (Å²) in [5, 5.41) is 0.809. The zero-order chi connectivity index (χ0) is 17.2. The van der Waals surface area contributed by atoms with Crippen LogP contribution in [-0.4, -0.2) is 12.1 Å². The number of halogens is 1. The summed E-state index contributed by atoms with van der Waals surface area (Å²) in [6, 6.07) is 24.5. The Morgan fingerprint density at radius 2 is 1.56 bits per heavy atom. The minimum atomic E-state index is -0.260. The van der Waals surface area contributed by atoms with E-state index in [0.717, 1.165) is 39.0 Å². The molecule has 1 heterocycles. The summed E-state index contributed by atoms with van der Waals surface area (Å²) in [6.07, 6.45) is 0. The van der Waals surface area contributed by atoms with Crippen LogP contribution >= 0.6 is 0 Å². The number of nitrogens with zero attached hydrogens (tertiary/aromatic N) is 1. The van der Waals surface area contributed by atoms with Crippen LogP contribution < -0.4 is 4.74 Å². The van der Waals surface area contributed by atoms with E-state index in [1.807, 2.05) is 60.7 Å². The predicted molar refractivity (Wildman–Crippen MR) is 99.1 cm³/mol. The van der Waals surface area contributed by atoms with Crippen molar-refractivity contribution in [2.75, 3.05) is 7.11 Å². The molecule has 0 N–H and O–H groups in total. The number of fused-ring (bicyclic) bond motifs is 1. The summed E-state index contributed by atoms with van der Waals surface area (Å²) in [5.41, 5.74) is 4.62. The van der Waals surface area contributed by atoms with Gasteiger partial charge >= 0.3 is 0 Å². The number of methoxy groups -OCH3 is 1. The lowest BCUT2D eigenvalue weighted by Crippen LogP contribution is -1.91. The van der Waals surface area contributed by atoms with E-state index in [2.05, 4.69) is 0 Å². The van der Waals surface area contributed by atoms with Gasteiger partial charge in [0.05, 0.1) is 18.3 Å². The number of aromatic nitrogens is 1. The monoisotopic (exact) mass is 329 g/mol. The lowest BCUT2D eigenvalue weighted by Gasteiger charge is -2.11. The SMILES string of the molecule is COc1ccc(-c2cc(-c3ccccc3)c3cc(F)ccc3n2)cc1. The zero-order valence-corrected chi connectivity index (χ0v) is 13.7. The molecule has 3 heteroatoms. The highest BCUT2D eigenvalue weighted by Crippen LogP contribution is 2.32. The van der Waals surface area contributed by atoms with Gasteiger partial charge in [-0.25, -0.2) is 9.37 Å². The molecule has 0 aliphatic carbocycles. The Balaban J connectivity index is 1.96. The fraction of sp³-hybridized carbons (Fsp3) is 0.0455. The van der Waals surface area contributed by atoms with Crippen molar-refractivity contribution in [3.05, 3.63) is 84.7 Å². The summed E-state index contributed by atoms with van der Waals surface area (Å²) in [7, 11) is 1.64. The molecule has 0 amide bonds. The quantitative estimate of drug-likeness (QED) is 0.480. The fourth-order valence-electron chi connectivity index (χ4n) is 2.96. The highest BCUT2D eigenvalue weighted by molar-refractivity contribution is 5.96. The van der Waals surface area contributed by atoms with E-state index in [-0.39, 0.29) is 5.82 Å². The van der Waals surface area contributed by atoms with Crippen molar-refractivity contribution in [2.24, 2.45) is 0 Å². The van der Waals surface area contributed by atoms with Crippen LogP contribution in [0.5, 0.6) is 5.75 Å². The first-order valence-electron chi connectivity index (χ1n) is 8.05. The number of pyridine rings is 1. The van der Waals surface area contributed by atoms with Crippen LogP contribution in [0.25, 0.3) is 33.3 Å². The molecule has 0 saturated heterocycles. The first-order valence-corrected chi connectivity index (χ1v) is 8.05. The number of benzene rings is 3. The third kappa shape index (κ3) is 2.96. The molecule has 2 nitrogen and oxygen atoms in total. The van der Waals surface area contributed by atoms with Crippen molar-refractivity contribution >= 4 is 10.9 Å². The standard InChI is InChI=1S/C22H16FNO/c1-25-18-10-7-16(8-11-18)22-14-19(15-5-3-2-4-6-15)20-13-17(23)9-12-21(20)24-22/h2-14H,1H3. The third-order valence-electron chi connectivity index (χ3n) is 4.24. The van der Waals surface area contributed by atoms with E-state index in [9.17, 15) is 4.39 Å². The van der Waals surface area contributed by atoms with Gasteiger partial charge in [-0.2, -0.15) is 0 Å². The molecule has 0 unspecified atom stereocenters. The van der Waals surface area contributed by atoms with Crippen molar-refractivity contribution in [1.29, 1.82) is 0 Å². The number of ether oxygens (including phenoxy) is 1. The molecule has 1 aromatic heterocycles. The van der Waals surface area contributed by atoms with Gasteiger partial charge in [0.15, 0.2) is 0 Å². The van der Waals surface area contributed by atoms with Gasteiger partial charge in [0, 0.05) is 10.9 Å². The molecule has 122 valence electrons. The summed E-state index contributed by atoms with van der Waals surface area (Å²) in [6.45, 7) is 0. The molecule has 25 heavy (non-hydrogen) atoms. The average Bonchev–Trinajstić information content (AvgIpc) is 2.68. The van der Waals surface area contributed by atoms with Crippen LogP contribution in [-0.2, 0) is 0 Å². The van der Waals surface area contributed by atoms with Gasteiger partial charge in [0.25, 0.3) is 0 Å². The van der Waals surface area contributed by atoms with Gasteiger partial charge in [0.1, 0.15) is 11.6 Å². The van der Waals surface area contributed by atoms with Crippen LogP contribution in [0.1, 0.15) is 0 Å². The van der Waals surface area contributed by atoms with Gasteiger partial charge in [-0.3, -0.25) is 0 Å². The van der Waals surface area contributed by atoms with Crippen molar-refractivity contribution < 1.29 is 9.13 Å². The second-order valence-corrected chi connectivity index (χ2v) is 5.81. The van der Waals surface area contributed by atoms with Crippen molar-refractivity contribution in [3.8, 4) is 28.1 Å². The molecule has 0 radical (unpaired) electrons. The second kappa shape index (κ2) is 6.36. The predicted octanol–water partition coefficient (Wildman–Crippen LogP) is 5.72. The lowest BCUT2D eigenvalue weighted by molar-refractivity contribution is 0.415. The van der Waals surface area contributed by atoms with E-state index in [1.165, 1.54) is 6.07 Å². The van der Waals surface area contributed by atoms with Crippen molar-refractivity contribution in [1.82, 2.24) is 4.98 Å². The average molecular weight is 329 g/mol. The van der Waals surface area contributed by atoms with Crippen LogP contribution in [0.4, 0.5) is 4.39 Å². The molecule has 3 aromatic carbocycles. The lowest BCUT2D eigenvalue weighted by atomic mass is 9.98. The minimum Gasteiger partial charge on any atom is -0.497 e. The van der Waals surface area contributed by atoms with E-state index >= 15 is 0 Å². The zero-order valence-electron chi connectivity index (χ0n) is 13.7. The molecule has 0 aliphatic rings. The molecule has 4 aromatic rings. The molecular formula is C22H16FNO. The molecule has 0 saturated carbocycles. The van der Waals surface area contributed by atoms with Crippen LogP contribution in [0.3, 0.4) is 0 Å². The molecule has 0 bridgehead atoms. The molecule has 4 rings (SSSR count). The Morgan fingerprint density at radius 1 is 0.800 bits per heavy atom. The molecule has 0 aliphatic heterocycles. The van der Waals surface area contributed by atoms with Crippen molar-refractivity contribution in [3.63, 3.8) is 0 Å². The summed E-state index contributed by atoms with van der Waals surface area (Å²) >= 11 is 0. The van der Waals surface area contributed by atoms with Crippen LogP contribution in [0, 0.1) is 5.82 Å². The minimum absolute atomic E-state index is 0.260. The topological polar surface area (TPSA) is 22.1 Å². The Bertz CT molecular complexity index is 1030. The summed E-state index contributed by atoms with van der Waals surface area (Å²) in [5.74, 6) is 0.540. The number of rotatable bonds is 3.